The zero-order valence-electron chi connectivity index (χ0n) is 26.7. The Labute approximate surface area is 302 Å². The maximum absolute atomic E-state index is 15.4. The lowest BCUT2D eigenvalue weighted by Gasteiger charge is -2.28. The molecule has 1 aliphatic carbocycles. The summed E-state index contributed by atoms with van der Waals surface area (Å²) in [6, 6.07) is 12.6. The van der Waals surface area contributed by atoms with Crippen molar-refractivity contribution >= 4 is 93.3 Å². The molecular weight excluding hydrogens is 729 g/mol. The maximum Gasteiger partial charge on any atom is 0.424 e. The molecule has 1 saturated carbocycles. The summed E-state index contributed by atoms with van der Waals surface area (Å²) in [6.07, 6.45) is -2.57. The van der Waals surface area contributed by atoms with Crippen molar-refractivity contribution < 1.29 is 33.0 Å². The number of hydrogen-bond donors (Lipinski definition) is 1. The van der Waals surface area contributed by atoms with Crippen LogP contribution >= 0.6 is 58.0 Å². The Morgan fingerprint density at radius 1 is 0.833 bits per heavy atom. The number of carbonyl (C=O) groups excluding carboxylic acids is 4. The number of carbonyl (C=O) groups is 4. The van der Waals surface area contributed by atoms with E-state index in [1.807, 2.05) is 0 Å². The van der Waals surface area contributed by atoms with Crippen LogP contribution < -0.4 is 10.2 Å². The standard InChI is InChI=1S/C34H32Cl5FN2O6/c1-32(2,3)47-30(45)42(31(46)48-33(4,5)6)22-9-7-17(25(40)16-22)13-26(43)23-15-21(8-10-24(23)37)41-29(44)28-27(34(28,38)39)18-11-19(35)14-20(36)12-18/h7-12,14-16,27-28H,13H2,1-6H3,(H,41,44). The van der Waals surface area contributed by atoms with Crippen LogP contribution in [0.4, 0.5) is 25.4 Å². The number of ketones is 1. The largest absolute Gasteiger partial charge is 0.443 e. The number of benzene rings is 3. The quantitative estimate of drug-likeness (QED) is 0.190. The Morgan fingerprint density at radius 3 is 1.92 bits per heavy atom. The molecule has 0 bridgehead atoms. The Hall–Kier alpha value is -3.08. The average Bonchev–Trinajstić information content (AvgIpc) is 3.50. The van der Waals surface area contributed by atoms with Gasteiger partial charge in [0.15, 0.2) is 5.78 Å². The number of amides is 3. The van der Waals surface area contributed by atoms with Crippen LogP contribution in [0, 0.1) is 11.7 Å². The number of rotatable bonds is 7. The lowest BCUT2D eigenvalue weighted by molar-refractivity contribution is -0.117. The van der Waals surface area contributed by atoms with Crippen molar-refractivity contribution in [2.75, 3.05) is 10.2 Å². The highest BCUT2D eigenvalue weighted by atomic mass is 35.5. The van der Waals surface area contributed by atoms with Crippen LogP contribution in [0.15, 0.2) is 54.6 Å². The summed E-state index contributed by atoms with van der Waals surface area (Å²) >= 11 is 31.5. The smallest absolute Gasteiger partial charge is 0.424 e. The molecule has 1 N–H and O–H groups in total. The van der Waals surface area contributed by atoms with Gasteiger partial charge in [0.2, 0.25) is 5.91 Å². The predicted molar refractivity (Wildman–Crippen MR) is 187 cm³/mol. The lowest BCUT2D eigenvalue weighted by atomic mass is 10.0. The zero-order valence-corrected chi connectivity index (χ0v) is 30.5. The van der Waals surface area contributed by atoms with Gasteiger partial charge in [-0.3, -0.25) is 9.59 Å². The monoisotopic (exact) mass is 758 g/mol. The third-order valence-electron chi connectivity index (χ3n) is 6.91. The number of nitrogens with one attached hydrogen (secondary N) is 1. The highest BCUT2D eigenvalue weighted by Gasteiger charge is 2.67. The van der Waals surface area contributed by atoms with Gasteiger partial charge in [-0.1, -0.05) is 40.9 Å². The van der Waals surface area contributed by atoms with Crippen molar-refractivity contribution in [1.29, 1.82) is 0 Å². The summed E-state index contributed by atoms with van der Waals surface area (Å²) in [5.41, 5.74) is -1.29. The Kier molecular flexibility index (Phi) is 11.0. The van der Waals surface area contributed by atoms with Gasteiger partial charge in [0.05, 0.1) is 16.6 Å². The molecule has 8 nitrogen and oxygen atoms in total. The van der Waals surface area contributed by atoms with Crippen LogP contribution in [0.5, 0.6) is 0 Å². The second-order valence-corrected chi connectivity index (χ2v) is 15.9. The molecule has 3 amide bonds. The molecule has 14 heteroatoms. The fraction of sp³-hybridized carbons (Fsp3) is 0.353. The van der Waals surface area contributed by atoms with Crippen molar-refractivity contribution in [2.24, 2.45) is 5.92 Å². The number of Topliss-reactive ketones (excluding diaryl/α,β-unsaturated/α-hetero) is 1. The maximum atomic E-state index is 15.4. The number of halogens is 6. The first-order valence-corrected chi connectivity index (χ1v) is 16.5. The van der Waals surface area contributed by atoms with Gasteiger partial charge in [0.25, 0.3) is 0 Å². The fourth-order valence-electron chi connectivity index (χ4n) is 4.85. The SMILES string of the molecule is CC(C)(C)OC(=O)N(C(=O)OC(C)(C)C)c1ccc(CC(=O)c2cc(NC(=O)C3C(c4cc(Cl)cc(Cl)c4)C3(Cl)Cl)ccc2Cl)c(F)c1. The Morgan fingerprint density at radius 2 is 1.40 bits per heavy atom. The number of imide groups is 1. The molecule has 4 rings (SSSR count). The van der Waals surface area contributed by atoms with Crippen LogP contribution in [0.25, 0.3) is 0 Å². The molecule has 48 heavy (non-hydrogen) atoms. The van der Waals surface area contributed by atoms with Crippen molar-refractivity contribution in [2.45, 2.75) is 69.4 Å². The summed E-state index contributed by atoms with van der Waals surface area (Å²) in [4.78, 5) is 53.0. The van der Waals surface area contributed by atoms with Crippen LogP contribution in [0.3, 0.4) is 0 Å². The number of ether oxygens (including phenoxy) is 2. The van der Waals surface area contributed by atoms with Crippen molar-refractivity contribution in [3.05, 3.63) is 92.2 Å². The van der Waals surface area contributed by atoms with Crippen LogP contribution in [-0.2, 0) is 20.7 Å². The van der Waals surface area contributed by atoms with E-state index < -0.39 is 63.5 Å². The first kappa shape index (κ1) is 37.7. The topological polar surface area (TPSA) is 102 Å². The summed E-state index contributed by atoms with van der Waals surface area (Å²) in [5, 5.41) is 3.50. The Balaban J connectivity index is 1.52. The first-order valence-electron chi connectivity index (χ1n) is 14.6. The van der Waals surface area contributed by atoms with E-state index in [4.69, 9.17) is 67.5 Å². The van der Waals surface area contributed by atoms with Crippen molar-refractivity contribution in [1.82, 2.24) is 0 Å². The van der Waals surface area contributed by atoms with Gasteiger partial charge in [0.1, 0.15) is 21.4 Å². The third-order valence-corrected chi connectivity index (χ3v) is 8.62. The second kappa shape index (κ2) is 14.0. The van der Waals surface area contributed by atoms with E-state index in [0.29, 0.717) is 20.5 Å². The second-order valence-electron chi connectivity index (χ2n) is 13.2. The van der Waals surface area contributed by atoms with E-state index in [0.717, 1.165) is 6.07 Å². The van der Waals surface area contributed by atoms with E-state index >= 15 is 4.39 Å². The van der Waals surface area contributed by atoms with Crippen LogP contribution in [0.1, 0.15) is 68.9 Å². The van der Waals surface area contributed by atoms with Gasteiger partial charge in [0, 0.05) is 33.6 Å². The molecule has 0 aromatic heterocycles. The molecule has 0 spiro atoms. The average molecular weight is 761 g/mol. The molecular formula is C34H32Cl5FN2O6. The fourth-order valence-corrected chi connectivity index (χ4v) is 6.44. The molecule has 1 aliphatic rings. The van der Waals surface area contributed by atoms with Gasteiger partial charge in [-0.05, 0) is 101 Å². The zero-order chi connectivity index (χ0) is 35.9. The van der Waals surface area contributed by atoms with E-state index in [9.17, 15) is 19.2 Å². The van der Waals surface area contributed by atoms with E-state index in [-0.39, 0.29) is 27.5 Å². The van der Waals surface area contributed by atoms with Gasteiger partial charge in [-0.2, -0.15) is 4.90 Å². The van der Waals surface area contributed by atoms with Gasteiger partial charge in [-0.15, -0.1) is 23.2 Å². The van der Waals surface area contributed by atoms with Gasteiger partial charge < -0.3 is 14.8 Å². The van der Waals surface area contributed by atoms with E-state index in [1.165, 1.54) is 30.3 Å². The van der Waals surface area contributed by atoms with Gasteiger partial charge in [-0.25, -0.2) is 14.0 Å². The molecule has 3 aromatic rings. The molecule has 2 unspecified atom stereocenters. The number of hydrogen-bond acceptors (Lipinski definition) is 6. The lowest BCUT2D eigenvalue weighted by Crippen LogP contribution is -2.43. The summed E-state index contributed by atoms with van der Waals surface area (Å²) < 4.78 is 24.7. The molecule has 0 aliphatic heterocycles. The minimum atomic E-state index is -1.42. The molecule has 0 radical (unpaired) electrons. The van der Waals surface area contributed by atoms with Crippen molar-refractivity contribution in [3.8, 4) is 0 Å². The van der Waals surface area contributed by atoms with Crippen LogP contribution in [-0.4, -0.2) is 39.4 Å². The molecule has 256 valence electrons. The summed E-state index contributed by atoms with van der Waals surface area (Å²) in [7, 11) is 0. The summed E-state index contributed by atoms with van der Waals surface area (Å²) in [6.45, 7) is 9.68. The molecule has 0 saturated heterocycles. The molecule has 1 fully saturated rings. The first-order chi connectivity index (χ1) is 22.1. The molecule has 0 heterocycles. The number of alkyl halides is 2. The Bertz CT molecular complexity index is 1740. The minimum absolute atomic E-state index is 0.0130. The van der Waals surface area contributed by atoms with Crippen molar-refractivity contribution in [3.63, 3.8) is 0 Å². The summed E-state index contributed by atoms with van der Waals surface area (Å²) in [5.74, 6) is -3.39. The molecule has 2 atom stereocenters. The number of nitrogens with zero attached hydrogens (tertiary/aromatic N) is 1. The number of anilines is 2. The highest BCUT2D eigenvalue weighted by molar-refractivity contribution is 6.53. The van der Waals surface area contributed by atoms with Gasteiger partial charge >= 0.3 is 12.2 Å². The van der Waals surface area contributed by atoms with E-state index in [1.54, 1.807) is 59.7 Å². The van der Waals surface area contributed by atoms with E-state index in [2.05, 4.69) is 5.32 Å². The molecule has 3 aromatic carbocycles. The minimum Gasteiger partial charge on any atom is -0.443 e. The predicted octanol–water partition coefficient (Wildman–Crippen LogP) is 10.4. The highest BCUT2D eigenvalue weighted by Crippen LogP contribution is 2.65. The van der Waals surface area contributed by atoms with Crippen LogP contribution in [0.2, 0.25) is 15.1 Å². The normalized spacial score (nSPS) is 16.9. The third kappa shape index (κ3) is 9.12.